The molecule has 1 aromatic carbocycles. The summed E-state index contributed by atoms with van der Waals surface area (Å²) < 4.78 is 4.48. The zero-order valence-electron chi connectivity index (χ0n) is 11.4. The van der Waals surface area contributed by atoms with Crippen LogP contribution in [0.3, 0.4) is 0 Å². The Morgan fingerprint density at radius 2 is 2.20 bits per heavy atom. The van der Waals surface area contributed by atoms with Gasteiger partial charge in [-0.3, -0.25) is 4.79 Å². The topological polar surface area (TPSA) is 83.3 Å². The zero-order chi connectivity index (χ0) is 14.8. The largest absolute Gasteiger partial charge is 0.504 e. The van der Waals surface area contributed by atoms with Crippen LogP contribution in [-0.2, 0) is 4.79 Å². The van der Waals surface area contributed by atoms with Gasteiger partial charge in [0.1, 0.15) is 0 Å². The van der Waals surface area contributed by atoms with E-state index in [2.05, 4.69) is 15.5 Å². The van der Waals surface area contributed by atoms with Gasteiger partial charge in [0.2, 0.25) is 5.91 Å². The second-order valence-corrected chi connectivity index (χ2v) is 6.26. The number of amides is 1. The average Bonchev–Trinajstić information content (AvgIpc) is 2.65. The van der Waals surface area contributed by atoms with Crippen molar-refractivity contribution in [3.8, 4) is 11.5 Å². The molecule has 0 saturated carbocycles. The molecule has 6 nitrogen and oxygen atoms in total. The molecule has 1 aromatic rings. The highest BCUT2D eigenvalue weighted by Crippen LogP contribution is 2.30. The van der Waals surface area contributed by atoms with Gasteiger partial charge in [-0.1, -0.05) is 11.8 Å². The average molecular weight is 293 g/mol. The Balaban J connectivity index is 2.09. The molecule has 2 N–H and O–H groups in total. The molecule has 1 amide bonds. The second-order valence-electron chi connectivity index (χ2n) is 4.65. The number of ether oxygens (including phenoxy) is 1. The van der Waals surface area contributed by atoms with Crippen molar-refractivity contribution in [1.82, 2.24) is 5.32 Å². The quantitative estimate of drug-likeness (QED) is 0.656. The van der Waals surface area contributed by atoms with Gasteiger partial charge in [-0.05, 0) is 37.6 Å². The Morgan fingerprint density at radius 1 is 1.45 bits per heavy atom. The summed E-state index contributed by atoms with van der Waals surface area (Å²) in [4.78, 5) is 11.6. The fourth-order valence-electron chi connectivity index (χ4n) is 1.53. The molecule has 1 saturated heterocycles. The highest BCUT2D eigenvalue weighted by molar-refractivity contribution is 8.16. The zero-order valence-corrected chi connectivity index (χ0v) is 12.2. The number of hydrogen-bond acceptors (Lipinski definition) is 6. The van der Waals surface area contributed by atoms with Gasteiger partial charge in [-0.15, -0.1) is 5.10 Å². The lowest BCUT2D eigenvalue weighted by molar-refractivity contribution is -0.120. The molecule has 0 unspecified atom stereocenters. The standard InChI is InChI=1S/C13H15N3O3S/c1-13(2)11(18)15-12(20-13)16-14-7-8-4-5-9(17)10(6-8)19-3/h4-7,17H,1-3H3,(H,15,16,18). The third kappa shape index (κ3) is 3.11. The van der Waals surface area contributed by atoms with Gasteiger partial charge in [0.15, 0.2) is 16.7 Å². The predicted molar refractivity (Wildman–Crippen MR) is 79.5 cm³/mol. The number of phenolic OH excluding ortho intramolecular Hbond substituents is 1. The van der Waals surface area contributed by atoms with Crippen molar-refractivity contribution in [3.05, 3.63) is 23.8 Å². The van der Waals surface area contributed by atoms with E-state index in [0.29, 0.717) is 10.9 Å². The SMILES string of the molecule is COc1cc(C=NN=C2NC(=O)C(C)(C)S2)ccc1O. The second kappa shape index (κ2) is 5.54. The molecule has 0 aliphatic carbocycles. The molecule has 0 spiro atoms. The summed E-state index contributed by atoms with van der Waals surface area (Å²) in [6, 6.07) is 4.84. The molecule has 1 heterocycles. The number of nitrogens with one attached hydrogen (secondary N) is 1. The van der Waals surface area contributed by atoms with Crippen LogP contribution in [0, 0.1) is 0 Å². The van der Waals surface area contributed by atoms with E-state index < -0.39 is 4.75 Å². The molecular formula is C13H15N3O3S. The number of benzene rings is 1. The maximum atomic E-state index is 11.6. The first-order valence-corrected chi connectivity index (χ1v) is 6.72. The number of aromatic hydroxyl groups is 1. The van der Waals surface area contributed by atoms with E-state index in [1.807, 2.05) is 13.8 Å². The molecule has 7 heteroatoms. The van der Waals surface area contributed by atoms with E-state index >= 15 is 0 Å². The van der Waals surface area contributed by atoms with Crippen molar-refractivity contribution < 1.29 is 14.6 Å². The molecule has 106 valence electrons. The van der Waals surface area contributed by atoms with Crippen LogP contribution in [0.1, 0.15) is 19.4 Å². The summed E-state index contributed by atoms with van der Waals surface area (Å²) in [5.41, 5.74) is 0.734. The highest BCUT2D eigenvalue weighted by atomic mass is 32.2. The van der Waals surface area contributed by atoms with Crippen molar-refractivity contribution >= 4 is 29.1 Å². The third-order valence-corrected chi connectivity index (χ3v) is 3.75. The van der Waals surface area contributed by atoms with Crippen LogP contribution in [0.4, 0.5) is 0 Å². The van der Waals surface area contributed by atoms with E-state index in [0.717, 1.165) is 5.56 Å². The van der Waals surface area contributed by atoms with Crippen LogP contribution < -0.4 is 10.1 Å². The van der Waals surface area contributed by atoms with Gasteiger partial charge < -0.3 is 15.2 Å². The lowest BCUT2D eigenvalue weighted by atomic mass is 10.2. The number of methoxy groups -OCH3 is 1. The third-order valence-electron chi connectivity index (χ3n) is 2.68. The van der Waals surface area contributed by atoms with Crippen molar-refractivity contribution in [1.29, 1.82) is 0 Å². The molecule has 0 radical (unpaired) electrons. The number of rotatable bonds is 3. The lowest BCUT2D eigenvalue weighted by Gasteiger charge is -2.08. The minimum Gasteiger partial charge on any atom is -0.504 e. The number of carbonyl (C=O) groups is 1. The normalized spacial score (nSPS) is 19.6. The Bertz CT molecular complexity index is 597. The van der Waals surface area contributed by atoms with Crippen LogP contribution in [-0.4, -0.2) is 34.3 Å². The summed E-state index contributed by atoms with van der Waals surface area (Å²) in [5.74, 6) is 0.352. The van der Waals surface area contributed by atoms with E-state index in [1.54, 1.807) is 12.1 Å². The van der Waals surface area contributed by atoms with E-state index in [9.17, 15) is 9.90 Å². The predicted octanol–water partition coefficient (Wildman–Crippen LogP) is 1.73. The highest BCUT2D eigenvalue weighted by Gasteiger charge is 2.38. The Kier molecular flexibility index (Phi) is 3.99. The molecule has 1 aliphatic rings. The first-order chi connectivity index (χ1) is 9.42. The minimum absolute atomic E-state index is 0.0660. The molecule has 0 aromatic heterocycles. The molecule has 20 heavy (non-hydrogen) atoms. The Morgan fingerprint density at radius 3 is 2.80 bits per heavy atom. The van der Waals surface area contributed by atoms with Gasteiger partial charge >= 0.3 is 0 Å². The van der Waals surface area contributed by atoms with Crippen molar-refractivity contribution in [2.45, 2.75) is 18.6 Å². The van der Waals surface area contributed by atoms with Crippen molar-refractivity contribution in [2.75, 3.05) is 7.11 Å². The maximum Gasteiger partial charge on any atom is 0.242 e. The number of hydrogen-bond donors (Lipinski definition) is 2. The van der Waals surface area contributed by atoms with Gasteiger partial charge in [0.05, 0.1) is 18.1 Å². The molecule has 0 atom stereocenters. The van der Waals surface area contributed by atoms with Crippen LogP contribution in [0.15, 0.2) is 28.4 Å². The van der Waals surface area contributed by atoms with E-state index in [4.69, 9.17) is 4.74 Å². The number of carbonyl (C=O) groups excluding carboxylic acids is 1. The number of phenols is 1. The summed E-state index contributed by atoms with van der Waals surface area (Å²) in [7, 11) is 1.48. The van der Waals surface area contributed by atoms with Gasteiger partial charge in [0, 0.05) is 0 Å². The summed E-state index contributed by atoms with van der Waals surface area (Å²) in [5, 5.41) is 20.5. The number of nitrogens with zero attached hydrogens (tertiary/aromatic N) is 2. The van der Waals surface area contributed by atoms with E-state index in [-0.39, 0.29) is 11.7 Å². The smallest absolute Gasteiger partial charge is 0.242 e. The number of amidine groups is 1. The van der Waals surface area contributed by atoms with Crippen molar-refractivity contribution in [3.63, 3.8) is 0 Å². The fourth-order valence-corrected chi connectivity index (χ4v) is 2.39. The van der Waals surface area contributed by atoms with Gasteiger partial charge in [0.25, 0.3) is 0 Å². The first-order valence-electron chi connectivity index (χ1n) is 5.91. The monoisotopic (exact) mass is 293 g/mol. The summed E-state index contributed by atoms with van der Waals surface area (Å²) >= 11 is 1.33. The van der Waals surface area contributed by atoms with Crippen molar-refractivity contribution in [2.24, 2.45) is 10.2 Å². The number of thioether (sulfide) groups is 1. The first kappa shape index (κ1) is 14.4. The Hall–Kier alpha value is -2.02. The van der Waals surface area contributed by atoms with Gasteiger partial charge in [-0.25, -0.2) is 0 Å². The molecule has 0 bridgehead atoms. The molecule has 1 fully saturated rings. The molecule has 2 rings (SSSR count). The van der Waals surface area contributed by atoms with Crippen LogP contribution in [0.5, 0.6) is 11.5 Å². The minimum atomic E-state index is -0.518. The summed E-state index contributed by atoms with van der Waals surface area (Å²) in [6.45, 7) is 3.65. The van der Waals surface area contributed by atoms with Crippen LogP contribution in [0.25, 0.3) is 0 Å². The van der Waals surface area contributed by atoms with E-state index in [1.165, 1.54) is 31.2 Å². The Labute approximate surface area is 120 Å². The van der Waals surface area contributed by atoms with Gasteiger partial charge in [-0.2, -0.15) is 5.10 Å². The fraction of sp³-hybridized carbons (Fsp3) is 0.308. The molecule has 1 aliphatic heterocycles. The van der Waals surface area contributed by atoms with Crippen LogP contribution in [0.2, 0.25) is 0 Å². The maximum absolute atomic E-state index is 11.6. The lowest BCUT2D eigenvalue weighted by Crippen LogP contribution is -2.30. The summed E-state index contributed by atoms with van der Waals surface area (Å²) in [6.07, 6.45) is 1.52. The molecular weight excluding hydrogens is 278 g/mol. The van der Waals surface area contributed by atoms with Crippen LogP contribution >= 0.6 is 11.8 Å².